The first-order chi connectivity index (χ1) is 8.60. The Hall–Kier alpha value is -1.29. The van der Waals surface area contributed by atoms with E-state index in [4.69, 9.17) is 11.6 Å². The Morgan fingerprint density at radius 2 is 2.28 bits per heavy atom. The Morgan fingerprint density at radius 3 is 2.89 bits per heavy atom. The van der Waals surface area contributed by atoms with Crippen molar-refractivity contribution in [1.82, 2.24) is 10.3 Å². The number of nitrogens with zero attached hydrogens (tertiary/aromatic N) is 1. The van der Waals surface area contributed by atoms with Crippen molar-refractivity contribution in [2.75, 3.05) is 11.9 Å². The molecule has 1 saturated carbocycles. The van der Waals surface area contributed by atoms with Crippen LogP contribution in [-0.2, 0) is 0 Å². The van der Waals surface area contributed by atoms with Crippen molar-refractivity contribution in [3.63, 3.8) is 0 Å². The fourth-order valence-electron chi connectivity index (χ4n) is 2.17. The molecule has 18 heavy (non-hydrogen) atoms. The van der Waals surface area contributed by atoms with Crippen LogP contribution in [0.4, 0.5) is 5.82 Å². The normalized spacial score (nSPS) is 22.2. The lowest BCUT2D eigenvalue weighted by Gasteiger charge is -2.33. The van der Waals surface area contributed by atoms with E-state index in [1.54, 1.807) is 6.07 Å². The average Bonchev–Trinajstić information content (AvgIpc) is 2.30. The minimum atomic E-state index is -0.113. The lowest BCUT2D eigenvalue weighted by Crippen LogP contribution is -2.43. The Labute approximate surface area is 112 Å². The van der Waals surface area contributed by atoms with Gasteiger partial charge in [-0.1, -0.05) is 18.5 Å². The highest BCUT2D eigenvalue weighted by molar-refractivity contribution is 6.33. The molecule has 98 valence electrons. The second-order valence-electron chi connectivity index (χ2n) is 4.83. The molecule has 0 atom stereocenters. The first-order valence-corrected chi connectivity index (χ1v) is 6.68. The lowest BCUT2D eigenvalue weighted by molar-refractivity contribution is 0.0896. The van der Waals surface area contributed by atoms with Gasteiger partial charge in [0.15, 0.2) is 0 Å². The van der Waals surface area contributed by atoms with Crippen LogP contribution in [0, 0.1) is 5.92 Å². The zero-order chi connectivity index (χ0) is 13.1. The van der Waals surface area contributed by atoms with Crippen LogP contribution in [0.5, 0.6) is 0 Å². The van der Waals surface area contributed by atoms with Crippen LogP contribution in [0.15, 0.2) is 12.3 Å². The summed E-state index contributed by atoms with van der Waals surface area (Å²) in [4.78, 5) is 16.2. The topological polar surface area (TPSA) is 54.0 Å². The van der Waals surface area contributed by atoms with Crippen LogP contribution in [0.1, 0.15) is 37.0 Å². The van der Waals surface area contributed by atoms with Crippen molar-refractivity contribution in [1.29, 1.82) is 0 Å². The van der Waals surface area contributed by atoms with E-state index in [0.29, 0.717) is 28.4 Å². The number of aromatic nitrogens is 1. The second kappa shape index (κ2) is 5.57. The van der Waals surface area contributed by atoms with Crippen LogP contribution in [0.3, 0.4) is 0 Å². The van der Waals surface area contributed by atoms with Crippen molar-refractivity contribution in [3.05, 3.63) is 22.8 Å². The van der Waals surface area contributed by atoms with Gasteiger partial charge in [0, 0.05) is 18.8 Å². The number of nitrogens with one attached hydrogen (secondary N) is 2. The second-order valence-corrected chi connectivity index (χ2v) is 5.23. The van der Waals surface area contributed by atoms with Crippen molar-refractivity contribution in [2.45, 2.75) is 32.7 Å². The predicted octanol–water partition coefficient (Wildman–Crippen LogP) is 2.70. The maximum Gasteiger partial charge on any atom is 0.253 e. The van der Waals surface area contributed by atoms with Crippen LogP contribution in [0.2, 0.25) is 5.02 Å². The Morgan fingerprint density at radius 1 is 1.56 bits per heavy atom. The molecule has 1 fully saturated rings. The number of hydrogen-bond donors (Lipinski definition) is 2. The number of halogens is 1. The van der Waals surface area contributed by atoms with Crippen LogP contribution < -0.4 is 10.6 Å². The number of rotatable bonds is 4. The summed E-state index contributed by atoms with van der Waals surface area (Å²) in [6.07, 6.45) is 3.61. The highest BCUT2D eigenvalue weighted by atomic mass is 35.5. The monoisotopic (exact) mass is 267 g/mol. The van der Waals surface area contributed by atoms with E-state index in [0.717, 1.165) is 19.4 Å². The summed E-state index contributed by atoms with van der Waals surface area (Å²) in [7, 11) is 0. The van der Waals surface area contributed by atoms with E-state index >= 15 is 0 Å². The minimum Gasteiger partial charge on any atom is -0.370 e. The largest absolute Gasteiger partial charge is 0.370 e. The Balaban J connectivity index is 2.06. The quantitative estimate of drug-likeness (QED) is 0.882. The van der Waals surface area contributed by atoms with Gasteiger partial charge in [0.05, 0.1) is 10.6 Å². The first kappa shape index (κ1) is 13.1. The maximum absolute atomic E-state index is 12.1. The molecule has 5 heteroatoms. The molecule has 0 saturated heterocycles. The molecule has 1 heterocycles. The fraction of sp³-hybridized carbons (Fsp3) is 0.538. The number of pyridine rings is 1. The van der Waals surface area contributed by atoms with Crippen molar-refractivity contribution in [3.8, 4) is 0 Å². The van der Waals surface area contributed by atoms with Gasteiger partial charge in [0.2, 0.25) is 0 Å². The molecule has 1 aliphatic rings. The van der Waals surface area contributed by atoms with Gasteiger partial charge in [-0.3, -0.25) is 4.79 Å². The van der Waals surface area contributed by atoms with Crippen molar-refractivity contribution >= 4 is 23.3 Å². The molecule has 1 aromatic rings. The molecule has 4 nitrogen and oxygen atoms in total. The zero-order valence-corrected chi connectivity index (χ0v) is 11.4. The van der Waals surface area contributed by atoms with E-state index < -0.39 is 0 Å². The van der Waals surface area contributed by atoms with Crippen molar-refractivity contribution < 1.29 is 4.79 Å². The third-order valence-electron chi connectivity index (χ3n) is 3.17. The van der Waals surface area contributed by atoms with Crippen LogP contribution in [0.25, 0.3) is 0 Å². The smallest absolute Gasteiger partial charge is 0.253 e. The van der Waals surface area contributed by atoms with Crippen molar-refractivity contribution in [2.24, 2.45) is 5.92 Å². The van der Waals surface area contributed by atoms with Gasteiger partial charge in [-0.25, -0.2) is 4.98 Å². The molecule has 0 spiro atoms. The molecule has 0 bridgehead atoms. The van der Waals surface area contributed by atoms with Gasteiger partial charge >= 0.3 is 0 Å². The lowest BCUT2D eigenvalue weighted by atomic mass is 9.82. The van der Waals surface area contributed by atoms with Gasteiger partial charge in [0.25, 0.3) is 5.91 Å². The van der Waals surface area contributed by atoms with E-state index in [2.05, 4.69) is 22.5 Å². The first-order valence-electron chi connectivity index (χ1n) is 6.30. The summed E-state index contributed by atoms with van der Waals surface area (Å²) in [5.41, 5.74) is 0.488. The fourth-order valence-corrected chi connectivity index (χ4v) is 2.36. The van der Waals surface area contributed by atoms with Gasteiger partial charge in [0.1, 0.15) is 5.82 Å². The van der Waals surface area contributed by atoms with Crippen LogP contribution in [-0.4, -0.2) is 23.5 Å². The molecule has 0 aromatic carbocycles. The Bertz CT molecular complexity index is 444. The molecule has 0 unspecified atom stereocenters. The third kappa shape index (κ3) is 2.93. The number of hydrogen-bond acceptors (Lipinski definition) is 3. The average molecular weight is 268 g/mol. The van der Waals surface area contributed by atoms with Gasteiger partial charge in [-0.15, -0.1) is 0 Å². The Kier molecular flexibility index (Phi) is 4.07. The molecule has 0 aliphatic heterocycles. The summed E-state index contributed by atoms with van der Waals surface area (Å²) < 4.78 is 0. The van der Waals surface area contributed by atoms with Crippen LogP contribution >= 0.6 is 11.6 Å². The maximum atomic E-state index is 12.1. The SMILES string of the molecule is CCNc1cc(C(=O)NC2CC(C)C2)c(Cl)cn1. The molecule has 1 aliphatic carbocycles. The number of amides is 1. The summed E-state index contributed by atoms with van der Waals surface area (Å²) in [5.74, 6) is 1.27. The summed E-state index contributed by atoms with van der Waals surface area (Å²) in [6.45, 7) is 4.92. The molecular weight excluding hydrogens is 250 g/mol. The summed E-state index contributed by atoms with van der Waals surface area (Å²) >= 11 is 6.01. The number of anilines is 1. The molecule has 2 N–H and O–H groups in total. The molecule has 2 rings (SSSR count). The zero-order valence-electron chi connectivity index (χ0n) is 10.7. The summed E-state index contributed by atoms with van der Waals surface area (Å²) in [5, 5.41) is 6.45. The van der Waals surface area contributed by atoms with Gasteiger partial charge in [-0.2, -0.15) is 0 Å². The molecule has 1 aromatic heterocycles. The number of carbonyl (C=O) groups excluding carboxylic acids is 1. The van der Waals surface area contributed by atoms with Gasteiger partial charge < -0.3 is 10.6 Å². The van der Waals surface area contributed by atoms with Gasteiger partial charge in [-0.05, 0) is 31.7 Å². The standard InChI is InChI=1S/C13H18ClN3O/c1-3-15-12-6-10(11(14)7-16-12)13(18)17-9-4-8(2)5-9/h6-9H,3-5H2,1-2H3,(H,15,16)(H,17,18). The minimum absolute atomic E-state index is 0.113. The third-order valence-corrected chi connectivity index (χ3v) is 3.47. The predicted molar refractivity (Wildman–Crippen MR) is 73.1 cm³/mol. The van der Waals surface area contributed by atoms with E-state index in [-0.39, 0.29) is 5.91 Å². The number of carbonyl (C=O) groups is 1. The molecule has 0 radical (unpaired) electrons. The highest BCUT2D eigenvalue weighted by Gasteiger charge is 2.27. The molecular formula is C13H18ClN3O. The van der Waals surface area contributed by atoms with E-state index in [9.17, 15) is 4.79 Å². The highest BCUT2D eigenvalue weighted by Crippen LogP contribution is 2.27. The van der Waals surface area contributed by atoms with E-state index in [1.807, 2.05) is 6.92 Å². The molecule has 1 amide bonds. The van der Waals surface area contributed by atoms with E-state index in [1.165, 1.54) is 6.20 Å². The summed E-state index contributed by atoms with van der Waals surface area (Å²) in [6, 6.07) is 1.99.